The van der Waals surface area contributed by atoms with Crippen LogP contribution in [-0.2, 0) is 0 Å². The summed E-state index contributed by atoms with van der Waals surface area (Å²) >= 11 is 0. The molecule has 0 saturated carbocycles. The fourth-order valence-corrected chi connectivity index (χ4v) is 2.84. The number of rotatable bonds is 2. The third kappa shape index (κ3) is 2.41. The summed E-state index contributed by atoms with van der Waals surface area (Å²) in [6.07, 6.45) is 2.20. The van der Waals surface area contributed by atoms with E-state index in [0.29, 0.717) is 6.04 Å². The quantitative estimate of drug-likeness (QED) is 0.829. The third-order valence-corrected chi connectivity index (χ3v) is 3.69. The number of nitrogen functional groups attached to an aromatic ring is 1. The highest BCUT2D eigenvalue weighted by Gasteiger charge is 2.26. The molecule has 3 rings (SSSR count). The van der Waals surface area contributed by atoms with Gasteiger partial charge in [0.1, 0.15) is 5.82 Å². The van der Waals surface area contributed by atoms with Crippen LogP contribution in [0.15, 0.2) is 48.5 Å². The third-order valence-electron chi connectivity index (χ3n) is 3.69. The minimum atomic E-state index is -0.185. The van der Waals surface area contributed by atoms with E-state index < -0.39 is 0 Å². The Morgan fingerprint density at radius 1 is 1.11 bits per heavy atom. The largest absolute Gasteiger partial charge is 0.399 e. The van der Waals surface area contributed by atoms with Crippen molar-refractivity contribution in [3.05, 3.63) is 59.9 Å². The second-order valence-electron chi connectivity index (χ2n) is 5.00. The molecule has 0 radical (unpaired) electrons. The van der Waals surface area contributed by atoms with Gasteiger partial charge in [0.25, 0.3) is 0 Å². The van der Waals surface area contributed by atoms with E-state index in [1.807, 2.05) is 24.3 Å². The lowest BCUT2D eigenvalue weighted by Gasteiger charge is -2.27. The topological polar surface area (TPSA) is 29.3 Å². The summed E-state index contributed by atoms with van der Waals surface area (Å²) in [6.45, 7) is 0.961. The lowest BCUT2D eigenvalue weighted by Crippen LogP contribution is -2.22. The van der Waals surface area contributed by atoms with Crippen molar-refractivity contribution in [3.63, 3.8) is 0 Å². The van der Waals surface area contributed by atoms with Gasteiger partial charge in [0.05, 0.1) is 6.04 Å². The molecular formula is C16H17FN2. The van der Waals surface area contributed by atoms with Crippen molar-refractivity contribution < 1.29 is 4.39 Å². The van der Waals surface area contributed by atoms with Crippen molar-refractivity contribution in [1.29, 1.82) is 0 Å². The van der Waals surface area contributed by atoms with Crippen molar-refractivity contribution in [1.82, 2.24) is 0 Å². The number of halogens is 1. The van der Waals surface area contributed by atoms with Crippen LogP contribution in [0.2, 0.25) is 0 Å². The molecule has 0 bridgehead atoms. The number of nitrogens with zero attached hydrogens (tertiary/aromatic N) is 1. The van der Waals surface area contributed by atoms with Gasteiger partial charge in [-0.1, -0.05) is 18.2 Å². The first-order chi connectivity index (χ1) is 9.24. The molecule has 0 spiro atoms. The fourth-order valence-electron chi connectivity index (χ4n) is 2.84. The highest BCUT2D eigenvalue weighted by molar-refractivity contribution is 5.52. The lowest BCUT2D eigenvalue weighted by atomic mass is 10.0. The Labute approximate surface area is 112 Å². The van der Waals surface area contributed by atoms with E-state index in [1.54, 1.807) is 12.1 Å². The van der Waals surface area contributed by atoms with Crippen LogP contribution in [0.3, 0.4) is 0 Å². The maximum Gasteiger partial charge on any atom is 0.125 e. The molecule has 0 aromatic heterocycles. The van der Waals surface area contributed by atoms with E-state index in [4.69, 9.17) is 5.73 Å². The van der Waals surface area contributed by atoms with Crippen molar-refractivity contribution in [2.24, 2.45) is 0 Å². The predicted octanol–water partition coefficient (Wildman–Crippen LogP) is 3.75. The van der Waals surface area contributed by atoms with Crippen LogP contribution in [0.1, 0.15) is 24.4 Å². The van der Waals surface area contributed by atoms with E-state index in [2.05, 4.69) is 11.0 Å². The van der Waals surface area contributed by atoms with Crippen LogP contribution in [0.5, 0.6) is 0 Å². The van der Waals surface area contributed by atoms with Gasteiger partial charge in [-0.3, -0.25) is 0 Å². The van der Waals surface area contributed by atoms with Crippen molar-refractivity contribution in [2.45, 2.75) is 18.9 Å². The summed E-state index contributed by atoms with van der Waals surface area (Å²) in [5.74, 6) is -0.185. The molecule has 2 nitrogen and oxygen atoms in total. The first-order valence-corrected chi connectivity index (χ1v) is 6.62. The van der Waals surface area contributed by atoms with Crippen LogP contribution in [0, 0.1) is 5.82 Å². The van der Waals surface area contributed by atoms with E-state index in [9.17, 15) is 4.39 Å². The van der Waals surface area contributed by atoms with E-state index in [-0.39, 0.29) is 5.82 Å². The molecule has 19 heavy (non-hydrogen) atoms. The Bertz CT molecular complexity index is 531. The summed E-state index contributed by atoms with van der Waals surface area (Å²) in [4.78, 5) is 2.26. The van der Waals surface area contributed by atoms with Crippen LogP contribution in [-0.4, -0.2) is 6.54 Å². The summed E-state index contributed by atoms with van der Waals surface area (Å²) < 4.78 is 13.4. The first kappa shape index (κ1) is 12.0. The Morgan fingerprint density at radius 2 is 1.95 bits per heavy atom. The highest BCUT2D eigenvalue weighted by Crippen LogP contribution is 2.36. The number of nitrogens with two attached hydrogens (primary N) is 1. The van der Waals surface area contributed by atoms with Gasteiger partial charge < -0.3 is 10.6 Å². The molecule has 1 aliphatic rings. The molecule has 2 aromatic rings. The molecule has 3 heteroatoms. The Hall–Kier alpha value is -2.03. The average Bonchev–Trinajstić information content (AvgIpc) is 2.88. The van der Waals surface area contributed by atoms with Gasteiger partial charge in [0.2, 0.25) is 0 Å². The Balaban J connectivity index is 1.93. The molecule has 1 fully saturated rings. The van der Waals surface area contributed by atoms with Gasteiger partial charge in [0, 0.05) is 17.9 Å². The number of hydrogen-bond acceptors (Lipinski definition) is 2. The number of hydrogen-bond donors (Lipinski definition) is 1. The van der Waals surface area contributed by atoms with Crippen LogP contribution in [0.25, 0.3) is 0 Å². The first-order valence-electron chi connectivity index (χ1n) is 6.62. The zero-order chi connectivity index (χ0) is 13.2. The van der Waals surface area contributed by atoms with Crippen molar-refractivity contribution in [3.8, 4) is 0 Å². The second-order valence-corrected chi connectivity index (χ2v) is 5.00. The molecule has 0 amide bonds. The predicted molar refractivity (Wildman–Crippen MR) is 76.6 cm³/mol. The summed E-state index contributed by atoms with van der Waals surface area (Å²) in [5.41, 5.74) is 8.80. The second kappa shape index (κ2) is 4.92. The molecule has 2 N–H and O–H groups in total. The van der Waals surface area contributed by atoms with Crippen molar-refractivity contribution in [2.75, 3.05) is 17.2 Å². The van der Waals surface area contributed by atoms with E-state index >= 15 is 0 Å². The molecule has 1 atom stereocenters. The van der Waals surface area contributed by atoms with Gasteiger partial charge in [0.15, 0.2) is 0 Å². The standard InChI is InChI=1S/C16H17FN2/c17-13-5-2-7-15(11-13)19-9-3-8-16(19)12-4-1-6-14(18)10-12/h1-2,4-7,10-11,16H,3,8-9,18H2. The molecule has 1 saturated heterocycles. The van der Waals surface area contributed by atoms with Gasteiger partial charge >= 0.3 is 0 Å². The fraction of sp³-hybridized carbons (Fsp3) is 0.250. The minimum absolute atomic E-state index is 0.185. The normalized spacial score (nSPS) is 18.8. The molecule has 98 valence electrons. The maximum absolute atomic E-state index is 13.4. The molecular weight excluding hydrogens is 239 g/mol. The minimum Gasteiger partial charge on any atom is -0.399 e. The van der Waals surface area contributed by atoms with Gasteiger partial charge in [-0.15, -0.1) is 0 Å². The lowest BCUT2D eigenvalue weighted by molar-refractivity contribution is 0.625. The Morgan fingerprint density at radius 3 is 2.74 bits per heavy atom. The smallest absolute Gasteiger partial charge is 0.125 e. The van der Waals surface area contributed by atoms with Crippen LogP contribution >= 0.6 is 0 Å². The van der Waals surface area contributed by atoms with Crippen molar-refractivity contribution >= 4 is 11.4 Å². The molecule has 1 aliphatic heterocycles. The van der Waals surface area contributed by atoms with Gasteiger partial charge in [-0.05, 0) is 48.7 Å². The number of anilines is 2. The van der Waals surface area contributed by atoms with Crippen LogP contribution in [0.4, 0.5) is 15.8 Å². The van der Waals surface area contributed by atoms with E-state index in [0.717, 1.165) is 30.8 Å². The molecule has 1 unspecified atom stereocenters. The average molecular weight is 256 g/mol. The summed E-state index contributed by atoms with van der Waals surface area (Å²) in [7, 11) is 0. The number of benzene rings is 2. The van der Waals surface area contributed by atoms with Gasteiger partial charge in [-0.2, -0.15) is 0 Å². The monoisotopic (exact) mass is 256 g/mol. The zero-order valence-corrected chi connectivity index (χ0v) is 10.7. The molecule has 1 heterocycles. The van der Waals surface area contributed by atoms with Gasteiger partial charge in [-0.25, -0.2) is 4.39 Å². The summed E-state index contributed by atoms with van der Waals surface area (Å²) in [5, 5.41) is 0. The molecule has 2 aromatic carbocycles. The highest BCUT2D eigenvalue weighted by atomic mass is 19.1. The van der Waals surface area contributed by atoms with Crippen LogP contribution < -0.4 is 10.6 Å². The molecule has 0 aliphatic carbocycles. The SMILES string of the molecule is Nc1cccc(C2CCCN2c2cccc(F)c2)c1. The Kier molecular flexibility index (Phi) is 3.11. The van der Waals surface area contributed by atoms with E-state index in [1.165, 1.54) is 11.6 Å². The zero-order valence-electron chi connectivity index (χ0n) is 10.7. The summed E-state index contributed by atoms with van der Waals surface area (Å²) in [6, 6.07) is 15.1. The maximum atomic E-state index is 13.4.